The van der Waals surface area contributed by atoms with Gasteiger partial charge in [0.2, 0.25) is 11.8 Å². The molecule has 8 heteroatoms. The van der Waals surface area contributed by atoms with Crippen LogP contribution in [0.25, 0.3) is 0 Å². The Morgan fingerprint density at radius 1 is 0.767 bits per heavy atom. The molecule has 3 aromatic carbocycles. The summed E-state index contributed by atoms with van der Waals surface area (Å²) in [5.74, 6) is 0.825. The third kappa shape index (κ3) is 10.2. The highest BCUT2D eigenvalue weighted by Gasteiger charge is 2.17. The number of fused-ring (bicyclic) bond motifs is 1. The molecule has 0 radical (unpaired) electrons. The number of ether oxygens (including phenoxy) is 2. The van der Waals surface area contributed by atoms with Crippen molar-refractivity contribution in [2.45, 2.75) is 51.9 Å². The summed E-state index contributed by atoms with van der Waals surface area (Å²) < 4.78 is 11.7. The van der Waals surface area contributed by atoms with E-state index in [-0.39, 0.29) is 18.2 Å². The first-order valence-electron chi connectivity index (χ1n) is 15.5. The molecule has 0 unspecified atom stereocenters. The highest BCUT2D eigenvalue weighted by molar-refractivity contribution is 5.79. The maximum Gasteiger partial charge on any atom is 0.234 e. The van der Waals surface area contributed by atoms with Gasteiger partial charge >= 0.3 is 0 Å². The van der Waals surface area contributed by atoms with Gasteiger partial charge in [-0.05, 0) is 47.6 Å². The molecule has 228 valence electrons. The molecule has 2 aliphatic rings. The summed E-state index contributed by atoms with van der Waals surface area (Å²) in [5.41, 5.74) is 5.40. The van der Waals surface area contributed by atoms with Crippen molar-refractivity contribution in [2.75, 3.05) is 46.0 Å². The van der Waals surface area contributed by atoms with Crippen molar-refractivity contribution in [2.24, 2.45) is 0 Å². The highest BCUT2D eigenvalue weighted by atomic mass is 16.5. The summed E-state index contributed by atoms with van der Waals surface area (Å²) in [7, 11) is 0. The number of hydrogen-bond acceptors (Lipinski definition) is 6. The lowest BCUT2D eigenvalue weighted by molar-refractivity contribution is -0.122. The number of nitrogens with one attached hydrogen (secondary N) is 2. The smallest absolute Gasteiger partial charge is 0.234 e. The molecule has 8 nitrogen and oxygen atoms in total. The number of amides is 2. The Hall–Kier alpha value is -3.72. The highest BCUT2D eigenvalue weighted by Crippen LogP contribution is 2.24. The van der Waals surface area contributed by atoms with Crippen molar-refractivity contribution in [3.05, 3.63) is 101 Å². The van der Waals surface area contributed by atoms with E-state index in [9.17, 15) is 9.59 Å². The first kappa shape index (κ1) is 30.7. The van der Waals surface area contributed by atoms with Crippen molar-refractivity contribution < 1.29 is 19.1 Å². The minimum Gasteiger partial charge on any atom is -0.493 e. The van der Waals surface area contributed by atoms with E-state index in [4.69, 9.17) is 9.47 Å². The van der Waals surface area contributed by atoms with Gasteiger partial charge in [-0.1, -0.05) is 66.7 Å². The standard InChI is InChI=1S/C35H44N4O4/c40-34(37-23-30-10-7-11-31(20-30)25-38-15-18-42-19-16-38)22-29-12-13-33-32(21-29)26-39(24-28-8-3-1-4-9-28)27-35(41)36-14-5-2-6-17-43-33/h1,3-4,7-13,20-21H,2,5-6,14-19,22-27H2,(H,36,41)(H,37,40). The van der Waals surface area contributed by atoms with Crippen molar-refractivity contribution in [3.8, 4) is 5.75 Å². The van der Waals surface area contributed by atoms with Crippen LogP contribution in [0.3, 0.4) is 0 Å². The number of nitrogens with zero attached hydrogens (tertiary/aromatic N) is 2. The molecule has 0 bridgehead atoms. The van der Waals surface area contributed by atoms with Crippen LogP contribution in [0.2, 0.25) is 0 Å². The minimum absolute atomic E-state index is 0.0235. The predicted octanol–water partition coefficient (Wildman–Crippen LogP) is 4.06. The van der Waals surface area contributed by atoms with Crippen LogP contribution in [0.5, 0.6) is 5.75 Å². The van der Waals surface area contributed by atoms with Crippen molar-refractivity contribution in [1.29, 1.82) is 0 Å². The molecule has 1 fully saturated rings. The Kier molecular flexibility index (Phi) is 11.6. The third-order valence-electron chi connectivity index (χ3n) is 7.89. The quantitative estimate of drug-likeness (QED) is 0.416. The molecule has 0 aliphatic carbocycles. The zero-order valence-electron chi connectivity index (χ0n) is 25.1. The Bertz CT molecular complexity index is 1330. The third-order valence-corrected chi connectivity index (χ3v) is 7.89. The lowest BCUT2D eigenvalue weighted by Gasteiger charge is -2.26. The number of carbonyl (C=O) groups is 2. The van der Waals surface area contributed by atoms with Gasteiger partial charge in [-0.2, -0.15) is 0 Å². The van der Waals surface area contributed by atoms with Crippen molar-refractivity contribution in [3.63, 3.8) is 0 Å². The SMILES string of the molecule is O=C(Cc1ccc2c(c1)CN(Cc1ccccc1)CC(=O)NCCCCCO2)NCc1cccc(CN2CCOCC2)c1. The summed E-state index contributed by atoms with van der Waals surface area (Å²) in [6, 6.07) is 24.6. The predicted molar refractivity (Wildman–Crippen MR) is 167 cm³/mol. The summed E-state index contributed by atoms with van der Waals surface area (Å²) in [6.45, 7) is 7.64. The van der Waals surface area contributed by atoms with Gasteiger partial charge in [-0.15, -0.1) is 0 Å². The van der Waals surface area contributed by atoms with E-state index >= 15 is 0 Å². The molecule has 0 saturated carbocycles. The van der Waals surface area contributed by atoms with Crippen LogP contribution < -0.4 is 15.4 Å². The van der Waals surface area contributed by atoms with Gasteiger partial charge in [0.25, 0.3) is 0 Å². The van der Waals surface area contributed by atoms with Crippen molar-refractivity contribution in [1.82, 2.24) is 20.4 Å². The number of carbonyl (C=O) groups excluding carboxylic acids is 2. The van der Waals surface area contributed by atoms with E-state index in [0.717, 1.165) is 80.1 Å². The summed E-state index contributed by atoms with van der Waals surface area (Å²) in [6.07, 6.45) is 3.14. The van der Waals surface area contributed by atoms with Gasteiger partial charge in [-0.25, -0.2) is 0 Å². The van der Waals surface area contributed by atoms with Crippen LogP contribution in [-0.2, 0) is 46.9 Å². The molecule has 2 amide bonds. The molecule has 0 spiro atoms. The molecule has 2 N–H and O–H groups in total. The largest absolute Gasteiger partial charge is 0.493 e. The van der Waals surface area contributed by atoms with Gasteiger partial charge in [-0.3, -0.25) is 19.4 Å². The van der Waals surface area contributed by atoms with Crippen molar-refractivity contribution >= 4 is 11.8 Å². The van der Waals surface area contributed by atoms with E-state index in [2.05, 4.69) is 62.9 Å². The normalized spacial score (nSPS) is 17.3. The molecular weight excluding hydrogens is 540 g/mol. The van der Waals surface area contributed by atoms with Gasteiger partial charge in [0.05, 0.1) is 32.8 Å². The fourth-order valence-electron chi connectivity index (χ4n) is 5.63. The molecule has 3 aromatic rings. The Labute approximate surface area is 255 Å². The molecule has 5 rings (SSSR count). The number of hydrogen-bond donors (Lipinski definition) is 2. The first-order valence-corrected chi connectivity index (χ1v) is 15.5. The Balaban J connectivity index is 1.24. The summed E-state index contributed by atoms with van der Waals surface area (Å²) in [5, 5.41) is 6.17. The molecule has 1 saturated heterocycles. The topological polar surface area (TPSA) is 83.1 Å². The fourth-order valence-corrected chi connectivity index (χ4v) is 5.63. The van der Waals surface area contributed by atoms with Gasteiger partial charge < -0.3 is 20.1 Å². The maximum atomic E-state index is 13.0. The Morgan fingerprint density at radius 2 is 1.56 bits per heavy atom. The van der Waals surface area contributed by atoms with E-state index in [1.807, 2.05) is 30.3 Å². The minimum atomic E-state index is -0.0235. The van der Waals surface area contributed by atoms with Crippen LogP contribution in [0, 0.1) is 0 Å². The van der Waals surface area contributed by atoms with Crippen LogP contribution in [0.4, 0.5) is 0 Å². The van der Waals surface area contributed by atoms with E-state index in [1.54, 1.807) is 0 Å². The number of benzene rings is 3. The summed E-state index contributed by atoms with van der Waals surface area (Å²) in [4.78, 5) is 30.3. The van der Waals surface area contributed by atoms with E-state index in [0.29, 0.717) is 39.3 Å². The maximum absolute atomic E-state index is 13.0. The monoisotopic (exact) mass is 584 g/mol. The summed E-state index contributed by atoms with van der Waals surface area (Å²) >= 11 is 0. The second-order valence-electron chi connectivity index (χ2n) is 11.5. The first-order chi connectivity index (χ1) is 21.1. The molecular formula is C35H44N4O4. The lowest BCUT2D eigenvalue weighted by Crippen LogP contribution is -2.37. The van der Waals surface area contributed by atoms with E-state index < -0.39 is 0 Å². The van der Waals surface area contributed by atoms with Gasteiger partial charge in [0.1, 0.15) is 5.75 Å². The average Bonchev–Trinajstić information content (AvgIpc) is 3.03. The Morgan fingerprint density at radius 3 is 2.42 bits per heavy atom. The fraction of sp³-hybridized carbons (Fsp3) is 0.429. The zero-order chi connectivity index (χ0) is 29.7. The average molecular weight is 585 g/mol. The molecule has 0 atom stereocenters. The van der Waals surface area contributed by atoms with Crippen LogP contribution in [0.15, 0.2) is 72.8 Å². The molecule has 2 aliphatic heterocycles. The zero-order valence-corrected chi connectivity index (χ0v) is 25.1. The lowest BCUT2D eigenvalue weighted by atomic mass is 10.1. The number of morpholine rings is 1. The molecule has 0 aromatic heterocycles. The molecule has 43 heavy (non-hydrogen) atoms. The number of rotatable bonds is 8. The van der Waals surface area contributed by atoms with Gasteiger partial charge in [0, 0.05) is 51.4 Å². The van der Waals surface area contributed by atoms with Crippen LogP contribution in [0.1, 0.15) is 47.1 Å². The second-order valence-corrected chi connectivity index (χ2v) is 11.5. The van der Waals surface area contributed by atoms with E-state index in [1.165, 1.54) is 5.56 Å². The van der Waals surface area contributed by atoms with Crippen LogP contribution in [-0.4, -0.2) is 67.6 Å². The molecule has 2 heterocycles. The van der Waals surface area contributed by atoms with Crippen LogP contribution >= 0.6 is 0 Å². The second kappa shape index (κ2) is 16.2. The van der Waals surface area contributed by atoms with Gasteiger partial charge in [0.15, 0.2) is 0 Å².